The first-order valence-corrected chi connectivity index (χ1v) is 14.2. The SMILES string of the molecule is C[C@H]([C@@H]1CC[C@H](C(C)(C)O[Si](C)(C)C)O1)[C@H]1CC[C@H]2C(=O)CCC[C@]12C. The number of fused-ring (bicyclic) bond motifs is 1. The molecule has 0 aromatic heterocycles. The van der Waals surface area contributed by atoms with Gasteiger partial charge in [-0.3, -0.25) is 4.79 Å². The van der Waals surface area contributed by atoms with E-state index in [2.05, 4.69) is 47.3 Å². The van der Waals surface area contributed by atoms with E-state index in [0.717, 1.165) is 32.1 Å². The molecule has 0 N–H and O–H groups in total. The van der Waals surface area contributed by atoms with Crippen molar-refractivity contribution in [2.45, 2.75) is 110 Å². The summed E-state index contributed by atoms with van der Waals surface area (Å²) in [6, 6.07) is 0. The molecule has 0 unspecified atom stereocenters. The fourth-order valence-corrected chi connectivity index (χ4v) is 8.22. The van der Waals surface area contributed by atoms with Gasteiger partial charge in [-0.05, 0) is 89.3 Å². The van der Waals surface area contributed by atoms with Gasteiger partial charge in [0.05, 0.1) is 17.8 Å². The predicted molar refractivity (Wildman–Crippen MR) is 109 cm³/mol. The highest BCUT2D eigenvalue weighted by molar-refractivity contribution is 6.69. The van der Waals surface area contributed by atoms with Crippen molar-refractivity contribution in [1.29, 1.82) is 0 Å². The van der Waals surface area contributed by atoms with Gasteiger partial charge in [0.15, 0.2) is 8.32 Å². The smallest absolute Gasteiger partial charge is 0.184 e. The molecule has 1 aliphatic heterocycles. The highest BCUT2D eigenvalue weighted by Gasteiger charge is 2.54. The van der Waals surface area contributed by atoms with Crippen molar-refractivity contribution in [2.24, 2.45) is 23.2 Å². The van der Waals surface area contributed by atoms with E-state index in [-0.39, 0.29) is 17.1 Å². The Labute approximate surface area is 161 Å². The molecule has 3 aliphatic rings. The molecule has 0 aromatic rings. The summed E-state index contributed by atoms with van der Waals surface area (Å²) in [6.45, 7) is 16.0. The summed E-state index contributed by atoms with van der Waals surface area (Å²) in [5.41, 5.74) is 0.00238. The Kier molecular flexibility index (Phi) is 5.53. The Morgan fingerprint density at radius 2 is 1.88 bits per heavy atom. The lowest BCUT2D eigenvalue weighted by Crippen LogP contribution is -2.47. The molecular formula is C22H40O3Si. The van der Waals surface area contributed by atoms with Crippen LogP contribution in [-0.4, -0.2) is 31.9 Å². The summed E-state index contributed by atoms with van der Waals surface area (Å²) in [4.78, 5) is 12.4. The van der Waals surface area contributed by atoms with Crippen LogP contribution in [0.2, 0.25) is 19.6 Å². The van der Waals surface area contributed by atoms with Crippen molar-refractivity contribution < 1.29 is 14.0 Å². The van der Waals surface area contributed by atoms with E-state index in [4.69, 9.17) is 9.16 Å². The maximum absolute atomic E-state index is 12.4. The summed E-state index contributed by atoms with van der Waals surface area (Å²) >= 11 is 0. The standard InChI is InChI=1S/C22H40O3Si/c1-15(16-10-11-17-18(23)9-8-14-22(16,17)4)19-12-13-20(24-19)21(2,3)25-26(5,6)7/h15-17,19-20H,8-14H2,1-7H3/t15-,16+,17-,19-,20+,22+/m0/s1. The van der Waals surface area contributed by atoms with Crippen LogP contribution < -0.4 is 0 Å². The molecule has 4 heteroatoms. The molecule has 3 rings (SSSR count). The Hall–Kier alpha value is -0.193. The van der Waals surface area contributed by atoms with Gasteiger partial charge in [-0.15, -0.1) is 0 Å². The first-order chi connectivity index (χ1) is 11.9. The summed E-state index contributed by atoms with van der Waals surface area (Å²) in [5.74, 6) is 2.00. The van der Waals surface area contributed by atoms with Gasteiger partial charge >= 0.3 is 0 Å². The van der Waals surface area contributed by atoms with Crippen molar-refractivity contribution in [3.8, 4) is 0 Å². The van der Waals surface area contributed by atoms with Crippen molar-refractivity contribution >= 4 is 14.1 Å². The van der Waals surface area contributed by atoms with Crippen LogP contribution >= 0.6 is 0 Å². The minimum atomic E-state index is -1.60. The lowest BCUT2D eigenvalue weighted by Gasteiger charge is -2.44. The zero-order chi connectivity index (χ0) is 19.3. The average Bonchev–Trinajstić information content (AvgIpc) is 3.09. The van der Waals surface area contributed by atoms with E-state index in [0.29, 0.717) is 29.6 Å². The molecule has 6 atom stereocenters. The lowest BCUT2D eigenvalue weighted by atomic mass is 9.61. The molecule has 2 aliphatic carbocycles. The number of ether oxygens (including phenoxy) is 1. The molecular weight excluding hydrogens is 340 g/mol. The van der Waals surface area contributed by atoms with Crippen LogP contribution in [0.3, 0.4) is 0 Å². The predicted octanol–water partition coefficient (Wildman–Crippen LogP) is 5.59. The fourth-order valence-electron chi connectivity index (χ4n) is 6.51. The number of rotatable bonds is 5. The van der Waals surface area contributed by atoms with Crippen molar-refractivity contribution in [3.05, 3.63) is 0 Å². The third-order valence-electron chi connectivity index (χ3n) is 7.55. The highest BCUT2D eigenvalue weighted by Crippen LogP contribution is 2.57. The maximum Gasteiger partial charge on any atom is 0.184 e. The van der Waals surface area contributed by atoms with Crippen LogP contribution in [0.15, 0.2) is 0 Å². The highest BCUT2D eigenvalue weighted by atomic mass is 28.4. The van der Waals surface area contributed by atoms with Gasteiger partial charge in [0, 0.05) is 12.3 Å². The van der Waals surface area contributed by atoms with E-state index in [1.54, 1.807) is 0 Å². The largest absolute Gasteiger partial charge is 0.410 e. The molecule has 0 aromatic carbocycles. The van der Waals surface area contributed by atoms with E-state index >= 15 is 0 Å². The van der Waals surface area contributed by atoms with Crippen LogP contribution in [0, 0.1) is 23.2 Å². The Morgan fingerprint density at radius 3 is 2.54 bits per heavy atom. The van der Waals surface area contributed by atoms with E-state index in [1.807, 2.05) is 0 Å². The number of Topliss-reactive ketones (excluding diaryl/α,β-unsaturated/α-hetero) is 1. The molecule has 0 spiro atoms. The lowest BCUT2D eigenvalue weighted by molar-refractivity contribution is -0.131. The minimum absolute atomic E-state index is 0.194. The molecule has 3 fully saturated rings. The van der Waals surface area contributed by atoms with Crippen LogP contribution in [0.4, 0.5) is 0 Å². The number of carbonyl (C=O) groups is 1. The van der Waals surface area contributed by atoms with Crippen LogP contribution in [0.5, 0.6) is 0 Å². The minimum Gasteiger partial charge on any atom is -0.410 e. The molecule has 150 valence electrons. The van der Waals surface area contributed by atoms with Gasteiger partial charge in [-0.25, -0.2) is 0 Å². The molecule has 3 nitrogen and oxygen atoms in total. The Balaban J connectivity index is 1.66. The second-order valence-electron chi connectivity index (χ2n) is 11.0. The second-order valence-corrected chi connectivity index (χ2v) is 15.4. The molecule has 0 amide bonds. The first kappa shape index (κ1) is 20.5. The molecule has 0 radical (unpaired) electrons. The molecule has 26 heavy (non-hydrogen) atoms. The number of hydrogen-bond acceptors (Lipinski definition) is 3. The van der Waals surface area contributed by atoms with Crippen molar-refractivity contribution in [1.82, 2.24) is 0 Å². The summed E-state index contributed by atoms with van der Waals surface area (Å²) in [7, 11) is -1.60. The summed E-state index contributed by atoms with van der Waals surface area (Å²) < 4.78 is 13.1. The van der Waals surface area contributed by atoms with Gasteiger partial charge in [-0.2, -0.15) is 0 Å². The quantitative estimate of drug-likeness (QED) is 0.584. The number of hydrogen-bond donors (Lipinski definition) is 0. The van der Waals surface area contributed by atoms with Gasteiger partial charge in [0.25, 0.3) is 0 Å². The van der Waals surface area contributed by atoms with Crippen molar-refractivity contribution in [3.63, 3.8) is 0 Å². The molecule has 1 heterocycles. The van der Waals surface area contributed by atoms with Crippen molar-refractivity contribution in [2.75, 3.05) is 0 Å². The summed E-state index contributed by atoms with van der Waals surface area (Å²) in [5, 5.41) is 0. The first-order valence-electron chi connectivity index (χ1n) is 10.8. The molecule has 1 saturated heterocycles. The van der Waals surface area contributed by atoms with E-state index in [1.165, 1.54) is 12.8 Å². The fraction of sp³-hybridized carbons (Fsp3) is 0.955. The summed E-state index contributed by atoms with van der Waals surface area (Å²) in [6.07, 6.45) is 8.16. The maximum atomic E-state index is 12.4. The normalized spacial score (nSPS) is 39.9. The third kappa shape index (κ3) is 3.84. The Bertz CT molecular complexity index is 538. The molecule has 0 bridgehead atoms. The van der Waals surface area contributed by atoms with Crippen LogP contribution in [0.1, 0.15) is 72.6 Å². The number of ketones is 1. The van der Waals surface area contributed by atoms with Gasteiger partial charge in [0.1, 0.15) is 5.78 Å². The zero-order valence-electron chi connectivity index (χ0n) is 18.1. The topological polar surface area (TPSA) is 35.5 Å². The third-order valence-corrected chi connectivity index (χ3v) is 8.69. The van der Waals surface area contributed by atoms with Crippen LogP contribution in [-0.2, 0) is 14.0 Å². The van der Waals surface area contributed by atoms with E-state index in [9.17, 15) is 4.79 Å². The van der Waals surface area contributed by atoms with Crippen LogP contribution in [0.25, 0.3) is 0 Å². The Morgan fingerprint density at radius 1 is 1.19 bits per heavy atom. The van der Waals surface area contributed by atoms with Gasteiger partial charge in [0.2, 0.25) is 0 Å². The van der Waals surface area contributed by atoms with Gasteiger partial charge < -0.3 is 9.16 Å². The molecule has 2 saturated carbocycles. The monoisotopic (exact) mass is 380 g/mol. The van der Waals surface area contributed by atoms with E-state index < -0.39 is 8.32 Å². The second kappa shape index (κ2) is 7.00. The number of carbonyl (C=O) groups excluding carboxylic acids is 1. The van der Waals surface area contributed by atoms with Gasteiger partial charge in [-0.1, -0.05) is 13.8 Å². The average molecular weight is 381 g/mol. The zero-order valence-corrected chi connectivity index (χ0v) is 19.1.